The monoisotopic (exact) mass is 283 g/mol. The van der Waals surface area contributed by atoms with Gasteiger partial charge in [-0.2, -0.15) is 0 Å². The molecule has 5 nitrogen and oxygen atoms in total. The summed E-state index contributed by atoms with van der Waals surface area (Å²) in [4.78, 5) is 13.5. The number of nitrogens with zero attached hydrogens (tertiary/aromatic N) is 4. The minimum atomic E-state index is 0.915. The summed E-state index contributed by atoms with van der Waals surface area (Å²) in [5.41, 5.74) is 2.27. The third kappa shape index (κ3) is 3.24. The van der Waals surface area contributed by atoms with Crippen LogP contribution in [-0.4, -0.2) is 42.7 Å². The molecule has 0 spiro atoms. The molecule has 0 radical (unpaired) electrons. The molecule has 0 saturated carbocycles. The summed E-state index contributed by atoms with van der Waals surface area (Å²) in [5, 5.41) is 3.31. The average molecular weight is 283 g/mol. The van der Waals surface area contributed by atoms with E-state index in [1.807, 2.05) is 30.7 Å². The van der Waals surface area contributed by atoms with Gasteiger partial charge in [0.25, 0.3) is 0 Å². The van der Waals surface area contributed by atoms with Crippen molar-refractivity contribution in [3.05, 3.63) is 42.9 Å². The Hall–Kier alpha value is -2.30. The summed E-state index contributed by atoms with van der Waals surface area (Å²) < 4.78 is 0. The lowest BCUT2D eigenvalue weighted by Gasteiger charge is -2.36. The van der Waals surface area contributed by atoms with Crippen molar-refractivity contribution in [1.82, 2.24) is 9.97 Å². The van der Waals surface area contributed by atoms with Crippen molar-refractivity contribution in [2.45, 2.75) is 6.92 Å². The molecule has 1 aliphatic rings. The molecule has 3 heterocycles. The van der Waals surface area contributed by atoms with E-state index in [9.17, 15) is 0 Å². The highest BCUT2D eigenvalue weighted by Crippen LogP contribution is 2.21. The van der Waals surface area contributed by atoms with E-state index in [-0.39, 0.29) is 0 Å². The van der Waals surface area contributed by atoms with Crippen LogP contribution < -0.4 is 15.1 Å². The zero-order valence-corrected chi connectivity index (χ0v) is 12.4. The van der Waals surface area contributed by atoms with E-state index >= 15 is 0 Å². The fraction of sp³-hybridized carbons (Fsp3) is 0.375. The van der Waals surface area contributed by atoms with Gasteiger partial charge in [-0.1, -0.05) is 6.07 Å². The molecular formula is C16H21N5. The molecule has 3 rings (SSSR count). The highest BCUT2D eigenvalue weighted by atomic mass is 15.3. The summed E-state index contributed by atoms with van der Waals surface area (Å²) in [7, 11) is 0. The Morgan fingerprint density at radius 2 is 1.90 bits per heavy atom. The van der Waals surface area contributed by atoms with Crippen molar-refractivity contribution in [3.63, 3.8) is 0 Å². The number of anilines is 3. The van der Waals surface area contributed by atoms with Crippen LogP contribution in [0.3, 0.4) is 0 Å². The lowest BCUT2D eigenvalue weighted by Crippen LogP contribution is -2.46. The first-order valence-electron chi connectivity index (χ1n) is 7.46. The minimum Gasteiger partial charge on any atom is -0.384 e. The fourth-order valence-corrected chi connectivity index (χ4v) is 2.64. The number of aromatic nitrogens is 2. The molecule has 110 valence electrons. The largest absolute Gasteiger partial charge is 0.384 e. The zero-order chi connectivity index (χ0) is 14.5. The molecule has 21 heavy (non-hydrogen) atoms. The number of nitrogens with one attached hydrogen (secondary N) is 1. The molecule has 0 atom stereocenters. The predicted molar refractivity (Wildman–Crippen MR) is 87.1 cm³/mol. The summed E-state index contributed by atoms with van der Waals surface area (Å²) in [5.74, 6) is 1.07. The van der Waals surface area contributed by atoms with Crippen LogP contribution in [0.15, 0.2) is 42.9 Å². The van der Waals surface area contributed by atoms with Crippen LogP contribution in [0.4, 0.5) is 17.2 Å². The van der Waals surface area contributed by atoms with Gasteiger partial charge in [0.15, 0.2) is 0 Å². The van der Waals surface area contributed by atoms with E-state index in [1.54, 1.807) is 0 Å². The van der Waals surface area contributed by atoms with E-state index in [0.29, 0.717) is 0 Å². The smallest absolute Gasteiger partial charge is 0.128 e. The first-order valence-corrected chi connectivity index (χ1v) is 7.46. The highest BCUT2D eigenvalue weighted by Gasteiger charge is 2.18. The molecule has 0 aliphatic carbocycles. The van der Waals surface area contributed by atoms with Gasteiger partial charge in [0.1, 0.15) is 5.82 Å². The fourth-order valence-electron chi connectivity index (χ4n) is 2.64. The van der Waals surface area contributed by atoms with Gasteiger partial charge >= 0.3 is 0 Å². The molecule has 0 bridgehead atoms. The molecule has 1 aliphatic heterocycles. The first kappa shape index (κ1) is 13.7. The van der Waals surface area contributed by atoms with Gasteiger partial charge in [-0.25, -0.2) is 4.98 Å². The molecule has 1 saturated heterocycles. The van der Waals surface area contributed by atoms with E-state index in [0.717, 1.165) is 44.2 Å². The number of piperazine rings is 1. The van der Waals surface area contributed by atoms with Crippen molar-refractivity contribution >= 4 is 17.2 Å². The minimum absolute atomic E-state index is 0.915. The molecular weight excluding hydrogens is 262 g/mol. The standard InChI is InChI=1S/C16H21N5/c1-2-18-14-11-15(13-17-12-14)20-7-9-21(10-8-20)16-5-3-4-6-19-16/h3-6,11-13,18H,2,7-10H2,1H3. The quantitative estimate of drug-likeness (QED) is 0.932. The average Bonchev–Trinajstić information content (AvgIpc) is 2.56. The van der Waals surface area contributed by atoms with Crippen LogP contribution in [0.1, 0.15) is 6.92 Å². The Kier molecular flexibility index (Phi) is 4.19. The lowest BCUT2D eigenvalue weighted by molar-refractivity contribution is 0.647. The van der Waals surface area contributed by atoms with Crippen LogP contribution in [-0.2, 0) is 0 Å². The molecule has 0 amide bonds. The molecule has 2 aromatic heterocycles. The van der Waals surface area contributed by atoms with Crippen LogP contribution in [0, 0.1) is 0 Å². The first-order chi connectivity index (χ1) is 10.4. The summed E-state index contributed by atoms with van der Waals surface area (Å²) in [6, 6.07) is 8.24. The predicted octanol–water partition coefficient (Wildman–Crippen LogP) is 2.24. The van der Waals surface area contributed by atoms with Crippen LogP contribution in [0.2, 0.25) is 0 Å². The van der Waals surface area contributed by atoms with Crippen molar-refractivity contribution in [2.24, 2.45) is 0 Å². The maximum Gasteiger partial charge on any atom is 0.128 e. The Labute approximate surface area is 125 Å². The van der Waals surface area contributed by atoms with Gasteiger partial charge in [-0.3, -0.25) is 4.98 Å². The number of pyridine rings is 2. The Bertz CT molecular complexity index is 564. The maximum atomic E-state index is 4.42. The van der Waals surface area contributed by atoms with E-state index in [1.165, 1.54) is 5.69 Å². The molecule has 1 N–H and O–H groups in total. The number of rotatable bonds is 4. The van der Waals surface area contributed by atoms with E-state index in [2.05, 4.69) is 44.1 Å². The second kappa shape index (κ2) is 6.43. The van der Waals surface area contributed by atoms with Crippen molar-refractivity contribution < 1.29 is 0 Å². The third-order valence-electron chi connectivity index (χ3n) is 3.72. The molecule has 0 aromatic carbocycles. The normalized spacial score (nSPS) is 15.1. The lowest BCUT2D eigenvalue weighted by atomic mass is 10.2. The van der Waals surface area contributed by atoms with Gasteiger partial charge in [0, 0.05) is 38.9 Å². The van der Waals surface area contributed by atoms with Gasteiger partial charge in [-0.15, -0.1) is 0 Å². The van der Waals surface area contributed by atoms with E-state index < -0.39 is 0 Å². The van der Waals surface area contributed by atoms with E-state index in [4.69, 9.17) is 0 Å². The Morgan fingerprint density at radius 1 is 1.10 bits per heavy atom. The van der Waals surface area contributed by atoms with Crippen molar-refractivity contribution in [3.8, 4) is 0 Å². The van der Waals surface area contributed by atoms with Gasteiger partial charge in [0.05, 0.1) is 23.8 Å². The third-order valence-corrected chi connectivity index (χ3v) is 3.72. The van der Waals surface area contributed by atoms with Crippen LogP contribution in [0.25, 0.3) is 0 Å². The van der Waals surface area contributed by atoms with Crippen molar-refractivity contribution in [2.75, 3.05) is 47.8 Å². The van der Waals surface area contributed by atoms with Gasteiger partial charge < -0.3 is 15.1 Å². The SMILES string of the molecule is CCNc1cncc(N2CCN(c3ccccn3)CC2)c1. The second-order valence-corrected chi connectivity index (χ2v) is 5.12. The zero-order valence-electron chi connectivity index (χ0n) is 12.4. The van der Waals surface area contributed by atoms with Gasteiger partial charge in [-0.05, 0) is 25.1 Å². The summed E-state index contributed by atoms with van der Waals surface area (Å²) >= 11 is 0. The van der Waals surface area contributed by atoms with Crippen LogP contribution in [0.5, 0.6) is 0 Å². The molecule has 2 aromatic rings. The molecule has 1 fully saturated rings. The topological polar surface area (TPSA) is 44.3 Å². The van der Waals surface area contributed by atoms with Gasteiger partial charge in [0.2, 0.25) is 0 Å². The Balaban J connectivity index is 1.64. The highest BCUT2D eigenvalue weighted by molar-refractivity contribution is 5.56. The van der Waals surface area contributed by atoms with Crippen molar-refractivity contribution in [1.29, 1.82) is 0 Å². The molecule has 5 heteroatoms. The second-order valence-electron chi connectivity index (χ2n) is 5.12. The maximum absolute atomic E-state index is 4.42. The Morgan fingerprint density at radius 3 is 2.62 bits per heavy atom. The summed E-state index contributed by atoms with van der Waals surface area (Å²) in [6.45, 7) is 6.98. The number of hydrogen-bond donors (Lipinski definition) is 1. The van der Waals surface area contributed by atoms with Crippen LogP contribution >= 0.6 is 0 Å². The molecule has 0 unspecified atom stereocenters. The number of hydrogen-bond acceptors (Lipinski definition) is 5. The summed E-state index contributed by atoms with van der Waals surface area (Å²) in [6.07, 6.45) is 5.67.